The molecule has 0 nitrogen and oxygen atoms in total. The predicted octanol–water partition coefficient (Wildman–Crippen LogP) is 12.4. The first kappa shape index (κ1) is 31.3. The Morgan fingerprint density at radius 3 is 1.70 bits per heavy atom. The SMILES string of the molecule is CC1CC(/C=C\C2CC(/C=C\C3CC(C4CCC4C4CC(C5CCC5C)C5C6CCC6CC45)C4C=CCC34)C3C2CC2CCC23)C2C=CCC12. The van der Waals surface area contributed by atoms with Crippen molar-refractivity contribution in [1.29, 1.82) is 0 Å². The Hall–Kier alpha value is -1.04. The molecule has 270 valence electrons. The topological polar surface area (TPSA) is 0 Å². The number of allylic oxidation sites excluding steroid dienone is 8. The fraction of sp³-hybridized carbons (Fsp3) is 0.840. The van der Waals surface area contributed by atoms with Gasteiger partial charge in [0.15, 0.2) is 0 Å². The van der Waals surface area contributed by atoms with E-state index in [9.17, 15) is 0 Å². The van der Waals surface area contributed by atoms with E-state index in [1.807, 2.05) is 0 Å². The molecule has 12 rings (SSSR count). The summed E-state index contributed by atoms with van der Waals surface area (Å²) in [7, 11) is 0. The Bertz CT molecular complexity index is 1440. The average molecular weight is 671 g/mol. The summed E-state index contributed by atoms with van der Waals surface area (Å²) in [4.78, 5) is 0. The van der Waals surface area contributed by atoms with Gasteiger partial charge >= 0.3 is 0 Å². The Morgan fingerprint density at radius 2 is 0.980 bits per heavy atom. The van der Waals surface area contributed by atoms with E-state index in [0.29, 0.717) is 0 Å². The van der Waals surface area contributed by atoms with Gasteiger partial charge in [0.1, 0.15) is 0 Å². The van der Waals surface area contributed by atoms with Crippen LogP contribution >= 0.6 is 0 Å². The maximum absolute atomic E-state index is 2.90. The molecule has 24 unspecified atom stereocenters. The van der Waals surface area contributed by atoms with Crippen LogP contribution in [0.1, 0.15) is 117 Å². The summed E-state index contributed by atoms with van der Waals surface area (Å²) in [6.45, 7) is 5.16. The zero-order chi connectivity index (χ0) is 32.8. The molecule has 0 heterocycles. The van der Waals surface area contributed by atoms with Gasteiger partial charge in [-0.15, -0.1) is 0 Å². The molecule has 50 heavy (non-hydrogen) atoms. The molecule has 0 amide bonds. The van der Waals surface area contributed by atoms with Gasteiger partial charge < -0.3 is 0 Å². The van der Waals surface area contributed by atoms with Crippen LogP contribution in [0.25, 0.3) is 0 Å². The second kappa shape index (κ2) is 11.7. The molecule has 0 aliphatic heterocycles. The zero-order valence-corrected chi connectivity index (χ0v) is 31.8. The maximum atomic E-state index is 2.90. The highest BCUT2D eigenvalue weighted by atomic mass is 14.7. The van der Waals surface area contributed by atoms with Crippen molar-refractivity contribution in [3.05, 3.63) is 48.6 Å². The van der Waals surface area contributed by atoms with Crippen molar-refractivity contribution in [1.82, 2.24) is 0 Å². The van der Waals surface area contributed by atoms with Gasteiger partial charge in [-0.3, -0.25) is 0 Å². The van der Waals surface area contributed by atoms with Crippen molar-refractivity contribution in [2.75, 3.05) is 0 Å². The normalized spacial score (nSPS) is 62.2. The molecule has 10 saturated carbocycles. The molecular weight excluding hydrogens is 601 g/mol. The maximum Gasteiger partial charge on any atom is -0.0137 e. The second-order valence-electron chi connectivity index (χ2n) is 22.2. The van der Waals surface area contributed by atoms with Crippen molar-refractivity contribution in [3.8, 4) is 0 Å². The largest absolute Gasteiger partial charge is 0.0879 e. The molecular formula is C50H70. The third-order valence-corrected chi connectivity index (χ3v) is 21.2. The predicted molar refractivity (Wildman–Crippen MR) is 206 cm³/mol. The Labute approximate surface area is 306 Å². The lowest BCUT2D eigenvalue weighted by molar-refractivity contribution is 0.0183. The summed E-state index contributed by atoms with van der Waals surface area (Å²) in [6.07, 6.45) is 46.6. The molecule has 0 saturated heterocycles. The van der Waals surface area contributed by atoms with Gasteiger partial charge in [0.05, 0.1) is 0 Å². The highest BCUT2D eigenvalue weighted by Crippen LogP contribution is 2.70. The first-order chi connectivity index (χ1) is 24.6. The standard InChI is InChI=1S/C50H70/c1-27-9-16-36(27)48-26-46(47-25-33-15-18-40(33)50(47)48)43-20-19-42(43)45-24-31(38-7-4-8-41(38)45)12-13-34-22-30(44-23-32-14-17-39(32)49(34)44)11-10-29-21-28(2)35-5-3-6-37(29)35/h3-4,6,8,10-13,27-50H,5,7,9,14-26H2,1-2H3/b11-10-,13-12-. The van der Waals surface area contributed by atoms with Gasteiger partial charge in [-0.05, 0) is 238 Å². The molecule has 0 aromatic rings. The summed E-state index contributed by atoms with van der Waals surface area (Å²) in [5, 5.41) is 0. The van der Waals surface area contributed by atoms with Gasteiger partial charge in [0, 0.05) is 0 Å². The quantitative estimate of drug-likeness (QED) is 0.237. The van der Waals surface area contributed by atoms with Crippen LogP contribution in [0, 0.1) is 142 Å². The van der Waals surface area contributed by atoms with E-state index in [1.165, 1.54) is 32.1 Å². The Morgan fingerprint density at radius 1 is 0.360 bits per heavy atom. The number of rotatable bonds is 7. The smallest absolute Gasteiger partial charge is 0.0137 e. The third-order valence-electron chi connectivity index (χ3n) is 21.2. The van der Waals surface area contributed by atoms with Gasteiger partial charge in [-0.1, -0.05) is 68.9 Å². The van der Waals surface area contributed by atoms with Crippen LogP contribution in [0.4, 0.5) is 0 Å². The van der Waals surface area contributed by atoms with E-state index in [1.54, 1.807) is 70.6 Å². The summed E-state index contributed by atoms with van der Waals surface area (Å²) >= 11 is 0. The second-order valence-corrected chi connectivity index (χ2v) is 22.2. The summed E-state index contributed by atoms with van der Waals surface area (Å²) < 4.78 is 0. The van der Waals surface area contributed by atoms with Gasteiger partial charge in [0.25, 0.3) is 0 Å². The fourth-order valence-electron chi connectivity index (χ4n) is 18.5. The first-order valence-corrected chi connectivity index (χ1v) is 23.3. The van der Waals surface area contributed by atoms with E-state index >= 15 is 0 Å². The molecule has 0 aromatic carbocycles. The molecule has 0 heteroatoms. The lowest BCUT2D eigenvalue weighted by Crippen LogP contribution is -2.40. The molecule has 0 aromatic heterocycles. The van der Waals surface area contributed by atoms with Crippen LogP contribution in [0.5, 0.6) is 0 Å². The average Bonchev–Trinajstić information content (AvgIpc) is 3.92. The van der Waals surface area contributed by atoms with E-state index in [0.717, 1.165) is 142 Å². The molecule has 10 fully saturated rings. The van der Waals surface area contributed by atoms with Gasteiger partial charge in [0.2, 0.25) is 0 Å². The number of hydrogen-bond acceptors (Lipinski definition) is 0. The Balaban J connectivity index is 0.753. The van der Waals surface area contributed by atoms with Crippen LogP contribution in [0.3, 0.4) is 0 Å². The van der Waals surface area contributed by atoms with Crippen molar-refractivity contribution in [2.45, 2.75) is 117 Å². The summed E-state index contributed by atoms with van der Waals surface area (Å²) in [5.41, 5.74) is 0. The van der Waals surface area contributed by atoms with Gasteiger partial charge in [-0.25, -0.2) is 0 Å². The third kappa shape index (κ3) is 4.47. The van der Waals surface area contributed by atoms with E-state index in [2.05, 4.69) is 62.5 Å². The van der Waals surface area contributed by atoms with Crippen LogP contribution < -0.4 is 0 Å². The molecule has 12 aliphatic carbocycles. The number of hydrogen-bond donors (Lipinski definition) is 0. The van der Waals surface area contributed by atoms with Crippen LogP contribution in [-0.4, -0.2) is 0 Å². The minimum absolute atomic E-state index is 0.823. The van der Waals surface area contributed by atoms with E-state index < -0.39 is 0 Å². The lowest BCUT2D eigenvalue weighted by Gasteiger charge is -2.48. The minimum atomic E-state index is 0.823. The summed E-state index contributed by atoms with van der Waals surface area (Å²) in [5.74, 6) is 24.3. The van der Waals surface area contributed by atoms with Crippen molar-refractivity contribution < 1.29 is 0 Å². The van der Waals surface area contributed by atoms with Crippen LogP contribution in [-0.2, 0) is 0 Å². The summed E-state index contributed by atoms with van der Waals surface area (Å²) in [6, 6.07) is 0. The van der Waals surface area contributed by atoms with Crippen molar-refractivity contribution in [3.63, 3.8) is 0 Å². The molecule has 12 aliphatic rings. The van der Waals surface area contributed by atoms with Crippen LogP contribution in [0.15, 0.2) is 48.6 Å². The number of fused-ring (bicyclic) bond motifs is 8. The van der Waals surface area contributed by atoms with Gasteiger partial charge in [-0.2, -0.15) is 0 Å². The Kier molecular flexibility index (Phi) is 7.35. The first-order valence-electron chi connectivity index (χ1n) is 23.3. The van der Waals surface area contributed by atoms with Crippen molar-refractivity contribution >= 4 is 0 Å². The molecule has 0 spiro atoms. The highest BCUT2D eigenvalue weighted by Gasteiger charge is 2.63. The lowest BCUT2D eigenvalue weighted by atomic mass is 9.57. The van der Waals surface area contributed by atoms with Crippen molar-refractivity contribution in [2.24, 2.45) is 142 Å². The molecule has 24 atom stereocenters. The molecule has 0 N–H and O–H groups in total. The molecule has 0 radical (unpaired) electrons. The van der Waals surface area contributed by atoms with Crippen LogP contribution in [0.2, 0.25) is 0 Å². The highest BCUT2D eigenvalue weighted by molar-refractivity contribution is 5.20. The minimum Gasteiger partial charge on any atom is -0.0879 e. The zero-order valence-electron chi connectivity index (χ0n) is 31.8. The van der Waals surface area contributed by atoms with E-state index in [4.69, 9.17) is 0 Å². The fourth-order valence-corrected chi connectivity index (χ4v) is 18.5. The van der Waals surface area contributed by atoms with E-state index in [-0.39, 0.29) is 0 Å². The molecule has 0 bridgehead atoms. The monoisotopic (exact) mass is 671 g/mol.